The van der Waals surface area contributed by atoms with E-state index in [9.17, 15) is 13.2 Å². The molecular formula is C21H25ClN2O4S. The molecule has 2 N–H and O–H groups in total. The lowest BCUT2D eigenvalue weighted by Crippen LogP contribution is -2.36. The molecule has 8 heteroatoms. The Hall–Kier alpha value is -2.09. The molecule has 0 atom stereocenters. The molecule has 0 unspecified atom stereocenters. The van der Waals surface area contributed by atoms with E-state index < -0.39 is 10.0 Å². The minimum absolute atomic E-state index is 0.0234. The van der Waals surface area contributed by atoms with Gasteiger partial charge in [-0.05, 0) is 48.7 Å². The summed E-state index contributed by atoms with van der Waals surface area (Å²) in [5.74, 6) is -0.153. The van der Waals surface area contributed by atoms with Gasteiger partial charge in [0.05, 0.1) is 7.11 Å². The molecule has 29 heavy (non-hydrogen) atoms. The standard InChI is InChI=1S/C21H25ClN2O4S/c1-28-19-12-9-16(21(25)23-14-15-7-10-17(22)11-8-15)13-20(19)29(26,27)24-18-5-3-2-4-6-18/h7-13,18,24H,2-6,14H2,1H3,(H,23,25). The molecule has 1 fully saturated rings. The fraction of sp³-hybridized carbons (Fsp3) is 0.381. The van der Waals surface area contributed by atoms with Crippen LogP contribution in [0.15, 0.2) is 47.4 Å². The molecular weight excluding hydrogens is 412 g/mol. The third-order valence-corrected chi connectivity index (χ3v) is 6.80. The zero-order valence-electron chi connectivity index (χ0n) is 16.3. The molecule has 0 spiro atoms. The van der Waals surface area contributed by atoms with Crippen LogP contribution in [0.4, 0.5) is 0 Å². The van der Waals surface area contributed by atoms with Gasteiger partial charge in [0.2, 0.25) is 10.0 Å². The van der Waals surface area contributed by atoms with Crippen LogP contribution < -0.4 is 14.8 Å². The predicted molar refractivity (Wildman–Crippen MR) is 113 cm³/mol. The van der Waals surface area contributed by atoms with Gasteiger partial charge in [-0.15, -0.1) is 0 Å². The molecule has 1 saturated carbocycles. The highest BCUT2D eigenvalue weighted by Gasteiger charge is 2.26. The van der Waals surface area contributed by atoms with Crippen molar-refractivity contribution in [2.24, 2.45) is 0 Å². The number of benzene rings is 2. The molecule has 6 nitrogen and oxygen atoms in total. The Kier molecular flexibility index (Phi) is 7.16. The molecule has 3 rings (SSSR count). The van der Waals surface area contributed by atoms with Gasteiger partial charge in [0, 0.05) is 23.2 Å². The monoisotopic (exact) mass is 436 g/mol. The number of ether oxygens (including phenoxy) is 1. The molecule has 156 valence electrons. The maximum absolute atomic E-state index is 12.9. The Morgan fingerprint density at radius 1 is 1.10 bits per heavy atom. The largest absolute Gasteiger partial charge is 0.495 e. The van der Waals surface area contributed by atoms with E-state index >= 15 is 0 Å². The summed E-state index contributed by atoms with van der Waals surface area (Å²) in [5.41, 5.74) is 1.15. The normalized spacial score (nSPS) is 15.1. The van der Waals surface area contributed by atoms with Crippen LogP contribution in [-0.2, 0) is 16.6 Å². The summed E-state index contributed by atoms with van der Waals surface area (Å²) in [5, 5.41) is 3.42. The van der Waals surface area contributed by atoms with E-state index in [2.05, 4.69) is 10.0 Å². The van der Waals surface area contributed by atoms with Crippen molar-refractivity contribution < 1.29 is 17.9 Å². The first-order chi connectivity index (χ1) is 13.9. The lowest BCUT2D eigenvalue weighted by molar-refractivity contribution is 0.0950. The quantitative estimate of drug-likeness (QED) is 0.689. The van der Waals surface area contributed by atoms with Crippen LogP contribution in [0.25, 0.3) is 0 Å². The minimum Gasteiger partial charge on any atom is -0.495 e. The fourth-order valence-electron chi connectivity index (χ4n) is 3.42. The number of methoxy groups -OCH3 is 1. The van der Waals surface area contributed by atoms with E-state index in [1.807, 2.05) is 12.1 Å². The van der Waals surface area contributed by atoms with Crippen molar-refractivity contribution in [2.75, 3.05) is 7.11 Å². The number of carbonyl (C=O) groups is 1. The maximum atomic E-state index is 12.9. The number of carbonyl (C=O) groups excluding carboxylic acids is 1. The number of hydrogen-bond acceptors (Lipinski definition) is 4. The molecule has 1 aliphatic carbocycles. The van der Waals surface area contributed by atoms with Gasteiger partial charge in [-0.25, -0.2) is 13.1 Å². The Morgan fingerprint density at radius 3 is 2.45 bits per heavy atom. The molecule has 2 aromatic rings. The van der Waals surface area contributed by atoms with Crippen LogP contribution in [0, 0.1) is 0 Å². The van der Waals surface area contributed by atoms with Crippen molar-refractivity contribution in [2.45, 2.75) is 49.6 Å². The molecule has 0 aliphatic heterocycles. The van der Waals surface area contributed by atoms with Gasteiger partial charge >= 0.3 is 0 Å². The topological polar surface area (TPSA) is 84.5 Å². The van der Waals surface area contributed by atoms with Crippen molar-refractivity contribution in [1.82, 2.24) is 10.0 Å². The lowest BCUT2D eigenvalue weighted by atomic mass is 9.96. The van der Waals surface area contributed by atoms with E-state index in [0.29, 0.717) is 11.6 Å². The van der Waals surface area contributed by atoms with Gasteiger partial charge in [-0.2, -0.15) is 0 Å². The molecule has 0 bridgehead atoms. The predicted octanol–water partition coefficient (Wildman–Crippen LogP) is 3.89. The average Bonchev–Trinajstić information content (AvgIpc) is 2.73. The SMILES string of the molecule is COc1ccc(C(=O)NCc2ccc(Cl)cc2)cc1S(=O)(=O)NC1CCCCC1. The first kappa shape index (κ1) is 21.6. The van der Waals surface area contributed by atoms with Gasteiger partial charge < -0.3 is 10.1 Å². The number of sulfonamides is 1. The first-order valence-corrected chi connectivity index (χ1v) is 11.5. The molecule has 0 heterocycles. The second-order valence-corrected chi connectivity index (χ2v) is 9.25. The number of amides is 1. The molecule has 0 radical (unpaired) electrons. The minimum atomic E-state index is -3.80. The summed E-state index contributed by atoms with van der Waals surface area (Å²) in [6, 6.07) is 11.5. The summed E-state index contributed by atoms with van der Waals surface area (Å²) in [4.78, 5) is 12.5. The van der Waals surface area contributed by atoms with Crippen molar-refractivity contribution in [1.29, 1.82) is 0 Å². The Bertz CT molecular complexity index is 955. The Morgan fingerprint density at radius 2 is 1.79 bits per heavy atom. The van der Waals surface area contributed by atoms with E-state index in [4.69, 9.17) is 16.3 Å². The fourth-order valence-corrected chi connectivity index (χ4v) is 5.04. The highest BCUT2D eigenvalue weighted by Crippen LogP contribution is 2.27. The molecule has 1 aliphatic rings. The summed E-state index contributed by atoms with van der Waals surface area (Å²) < 4.78 is 33.9. The number of rotatable bonds is 7. The summed E-state index contributed by atoms with van der Waals surface area (Å²) in [6.45, 7) is 0.310. The third kappa shape index (κ3) is 5.72. The Labute approximate surface area is 176 Å². The van der Waals surface area contributed by atoms with Crippen LogP contribution in [-0.4, -0.2) is 27.5 Å². The van der Waals surface area contributed by atoms with Crippen LogP contribution in [0.5, 0.6) is 5.75 Å². The lowest BCUT2D eigenvalue weighted by Gasteiger charge is -2.23. The van der Waals surface area contributed by atoms with Crippen LogP contribution in [0.1, 0.15) is 48.0 Å². The molecule has 2 aromatic carbocycles. The van der Waals surface area contributed by atoms with Crippen LogP contribution in [0.3, 0.4) is 0 Å². The highest BCUT2D eigenvalue weighted by atomic mass is 35.5. The maximum Gasteiger partial charge on any atom is 0.251 e. The van der Waals surface area contributed by atoms with Crippen molar-refractivity contribution in [3.8, 4) is 5.75 Å². The molecule has 1 amide bonds. The van der Waals surface area contributed by atoms with E-state index in [0.717, 1.165) is 37.7 Å². The number of halogens is 1. The first-order valence-electron chi connectivity index (χ1n) is 9.62. The van der Waals surface area contributed by atoms with Gasteiger partial charge in [-0.1, -0.05) is 43.0 Å². The summed E-state index contributed by atoms with van der Waals surface area (Å²) >= 11 is 5.87. The van der Waals surface area contributed by atoms with E-state index in [1.54, 1.807) is 18.2 Å². The number of hydrogen-bond donors (Lipinski definition) is 2. The third-order valence-electron chi connectivity index (χ3n) is 5.01. The van der Waals surface area contributed by atoms with Crippen molar-refractivity contribution in [3.05, 3.63) is 58.6 Å². The highest BCUT2D eigenvalue weighted by molar-refractivity contribution is 7.89. The van der Waals surface area contributed by atoms with E-state index in [-0.39, 0.29) is 28.2 Å². The van der Waals surface area contributed by atoms with Crippen molar-refractivity contribution in [3.63, 3.8) is 0 Å². The Balaban J connectivity index is 1.76. The van der Waals surface area contributed by atoms with Crippen LogP contribution >= 0.6 is 11.6 Å². The van der Waals surface area contributed by atoms with Gasteiger partial charge in [0.25, 0.3) is 5.91 Å². The second-order valence-electron chi connectivity index (χ2n) is 7.13. The second kappa shape index (κ2) is 9.61. The van der Waals surface area contributed by atoms with Crippen LogP contribution in [0.2, 0.25) is 5.02 Å². The average molecular weight is 437 g/mol. The van der Waals surface area contributed by atoms with Crippen molar-refractivity contribution >= 4 is 27.5 Å². The smallest absolute Gasteiger partial charge is 0.251 e. The summed E-state index contributed by atoms with van der Waals surface area (Å²) in [7, 11) is -2.39. The number of nitrogens with one attached hydrogen (secondary N) is 2. The molecule has 0 aromatic heterocycles. The van der Waals surface area contributed by atoms with Gasteiger partial charge in [-0.3, -0.25) is 4.79 Å². The van der Waals surface area contributed by atoms with Gasteiger partial charge in [0.1, 0.15) is 10.6 Å². The zero-order valence-corrected chi connectivity index (χ0v) is 17.9. The zero-order chi connectivity index (χ0) is 20.9. The molecule has 0 saturated heterocycles. The van der Waals surface area contributed by atoms with E-state index in [1.165, 1.54) is 19.2 Å². The summed E-state index contributed by atoms with van der Waals surface area (Å²) in [6.07, 6.45) is 4.80. The van der Waals surface area contributed by atoms with Gasteiger partial charge in [0.15, 0.2) is 0 Å².